The molecule has 0 aliphatic rings. The lowest BCUT2D eigenvalue weighted by molar-refractivity contribution is -0.140. The molecule has 0 radical (unpaired) electrons. The van der Waals surface area contributed by atoms with Gasteiger partial charge in [0.15, 0.2) is 0 Å². The highest BCUT2D eigenvalue weighted by molar-refractivity contribution is 5.94. The fourth-order valence-electron chi connectivity index (χ4n) is 2.51. The average molecular weight is 438 g/mol. The maximum absolute atomic E-state index is 11.8. The van der Waals surface area contributed by atoms with Gasteiger partial charge in [0, 0.05) is 36.4 Å². The molecule has 2 aromatic rings. The Morgan fingerprint density at radius 1 is 0.625 bits per heavy atom. The molecule has 168 valence electrons. The Balaban J connectivity index is 1.49. The van der Waals surface area contributed by atoms with Crippen LogP contribution in [0.4, 0.5) is 0 Å². The van der Waals surface area contributed by atoms with Crippen LogP contribution < -0.4 is 10.6 Å². The van der Waals surface area contributed by atoms with Crippen molar-refractivity contribution in [1.82, 2.24) is 10.6 Å². The molecule has 0 aliphatic carbocycles. The van der Waals surface area contributed by atoms with Gasteiger partial charge in [0.2, 0.25) is 0 Å². The molecule has 0 saturated heterocycles. The van der Waals surface area contributed by atoms with Crippen LogP contribution in [0.25, 0.3) is 0 Å². The van der Waals surface area contributed by atoms with E-state index >= 15 is 0 Å². The molecule has 8 heteroatoms. The monoisotopic (exact) mass is 438 g/mol. The molecule has 0 fully saturated rings. The van der Waals surface area contributed by atoms with Crippen molar-refractivity contribution in [3.05, 3.63) is 83.9 Å². The standard InChI is InChI=1S/C24H26N2O6/c27-21(31-17-7-15-25-23(29)19-9-3-1-4-10-19)13-14-22(28)32-18-8-16-26-24(30)20-11-5-2-6-12-20/h1-6,9-14H,7-8,15-18H2,(H,25,29)(H,26,30)/b14-13+. The van der Waals surface area contributed by atoms with Gasteiger partial charge in [-0.3, -0.25) is 9.59 Å². The van der Waals surface area contributed by atoms with Crippen LogP contribution in [0.3, 0.4) is 0 Å². The van der Waals surface area contributed by atoms with E-state index in [2.05, 4.69) is 10.6 Å². The summed E-state index contributed by atoms with van der Waals surface area (Å²) < 4.78 is 9.92. The summed E-state index contributed by atoms with van der Waals surface area (Å²) in [5.41, 5.74) is 1.12. The van der Waals surface area contributed by atoms with Crippen molar-refractivity contribution in [3.8, 4) is 0 Å². The Morgan fingerprint density at radius 3 is 1.38 bits per heavy atom. The van der Waals surface area contributed by atoms with Gasteiger partial charge >= 0.3 is 11.9 Å². The second-order valence-corrected chi connectivity index (χ2v) is 6.62. The molecule has 0 aliphatic heterocycles. The lowest BCUT2D eigenvalue weighted by atomic mass is 10.2. The second kappa shape index (κ2) is 14.1. The first-order valence-electron chi connectivity index (χ1n) is 10.2. The molecule has 32 heavy (non-hydrogen) atoms. The summed E-state index contributed by atoms with van der Waals surface area (Å²) in [6, 6.07) is 17.6. The molecule has 0 unspecified atom stereocenters. The molecule has 0 saturated carbocycles. The highest BCUT2D eigenvalue weighted by Crippen LogP contribution is 1.99. The third kappa shape index (κ3) is 9.71. The van der Waals surface area contributed by atoms with Crippen molar-refractivity contribution >= 4 is 23.8 Å². The number of ether oxygens (including phenoxy) is 2. The molecule has 2 N–H and O–H groups in total. The predicted octanol–water partition coefficient (Wildman–Crippen LogP) is 2.27. The SMILES string of the molecule is O=C(/C=C/C(=O)OCCCNC(=O)c1ccccc1)OCCCNC(=O)c1ccccc1. The molecular formula is C24H26N2O6. The van der Waals surface area contributed by atoms with Gasteiger partial charge in [0.05, 0.1) is 13.2 Å². The average Bonchev–Trinajstić information content (AvgIpc) is 2.83. The van der Waals surface area contributed by atoms with Gasteiger partial charge in [-0.25, -0.2) is 9.59 Å². The minimum atomic E-state index is -0.675. The van der Waals surface area contributed by atoms with Crippen LogP contribution in [0.2, 0.25) is 0 Å². The van der Waals surface area contributed by atoms with Crippen molar-refractivity contribution in [2.75, 3.05) is 26.3 Å². The number of hydrogen-bond acceptors (Lipinski definition) is 6. The maximum Gasteiger partial charge on any atom is 0.331 e. The number of rotatable bonds is 12. The minimum absolute atomic E-state index is 0.106. The van der Waals surface area contributed by atoms with Crippen molar-refractivity contribution in [2.45, 2.75) is 12.8 Å². The first-order chi connectivity index (χ1) is 15.6. The molecule has 2 aromatic carbocycles. The van der Waals surface area contributed by atoms with Crippen LogP contribution in [-0.4, -0.2) is 50.1 Å². The number of hydrogen-bond donors (Lipinski definition) is 2. The summed E-state index contributed by atoms with van der Waals surface area (Å²) in [5.74, 6) is -1.74. The molecule has 2 rings (SSSR count). The van der Waals surface area contributed by atoms with Gasteiger partial charge in [0.25, 0.3) is 11.8 Å². The van der Waals surface area contributed by atoms with Crippen LogP contribution in [0.15, 0.2) is 72.8 Å². The van der Waals surface area contributed by atoms with Crippen LogP contribution in [0.1, 0.15) is 33.6 Å². The van der Waals surface area contributed by atoms with Gasteiger partial charge in [-0.05, 0) is 37.1 Å². The summed E-state index contributed by atoms with van der Waals surface area (Å²) in [7, 11) is 0. The first-order valence-corrected chi connectivity index (χ1v) is 10.2. The van der Waals surface area contributed by atoms with Crippen LogP contribution in [0.5, 0.6) is 0 Å². The maximum atomic E-state index is 11.8. The van der Waals surface area contributed by atoms with E-state index in [-0.39, 0.29) is 25.0 Å². The molecule has 8 nitrogen and oxygen atoms in total. The van der Waals surface area contributed by atoms with E-state index in [1.807, 2.05) is 12.1 Å². The second-order valence-electron chi connectivity index (χ2n) is 6.62. The van der Waals surface area contributed by atoms with Gasteiger partial charge in [-0.15, -0.1) is 0 Å². The quantitative estimate of drug-likeness (QED) is 0.299. The van der Waals surface area contributed by atoms with Crippen molar-refractivity contribution < 1.29 is 28.7 Å². The zero-order valence-electron chi connectivity index (χ0n) is 17.6. The topological polar surface area (TPSA) is 111 Å². The number of nitrogens with one attached hydrogen (secondary N) is 2. The number of amides is 2. The molecule has 0 spiro atoms. The van der Waals surface area contributed by atoms with Crippen molar-refractivity contribution in [2.24, 2.45) is 0 Å². The fraction of sp³-hybridized carbons (Fsp3) is 0.250. The van der Waals surface area contributed by atoms with E-state index in [1.165, 1.54) is 0 Å². The molecule has 0 aromatic heterocycles. The summed E-state index contributed by atoms with van der Waals surface area (Å²) >= 11 is 0. The zero-order valence-corrected chi connectivity index (χ0v) is 17.6. The normalized spacial score (nSPS) is 10.4. The Kier molecular flexibility index (Phi) is 10.7. The first kappa shape index (κ1) is 24.3. The lowest BCUT2D eigenvalue weighted by Gasteiger charge is -2.06. The molecule has 2 amide bonds. The highest BCUT2D eigenvalue weighted by Gasteiger charge is 2.05. The summed E-state index contributed by atoms with van der Waals surface area (Å²) in [6.07, 6.45) is 2.86. The Labute approximate surface area is 186 Å². The van der Waals surface area contributed by atoms with Gasteiger partial charge < -0.3 is 20.1 Å². The van der Waals surface area contributed by atoms with E-state index in [9.17, 15) is 19.2 Å². The summed E-state index contributed by atoms with van der Waals surface area (Å²) in [4.78, 5) is 46.9. The minimum Gasteiger partial charge on any atom is -0.462 e. The number of carbonyl (C=O) groups is 4. The zero-order chi connectivity index (χ0) is 23.0. The molecule has 0 bridgehead atoms. The van der Waals surface area contributed by atoms with Crippen LogP contribution in [-0.2, 0) is 19.1 Å². The Bertz CT molecular complexity index is 837. The molecule has 0 atom stereocenters. The summed E-state index contributed by atoms with van der Waals surface area (Å²) in [5, 5.41) is 5.45. The smallest absolute Gasteiger partial charge is 0.331 e. The van der Waals surface area contributed by atoms with Gasteiger partial charge in [-0.2, -0.15) is 0 Å². The van der Waals surface area contributed by atoms with Gasteiger partial charge in [-0.1, -0.05) is 36.4 Å². The van der Waals surface area contributed by atoms with E-state index < -0.39 is 11.9 Å². The molecule has 0 heterocycles. The van der Waals surface area contributed by atoms with E-state index in [4.69, 9.17) is 9.47 Å². The van der Waals surface area contributed by atoms with E-state index in [1.54, 1.807) is 48.5 Å². The Hall–Kier alpha value is -3.94. The van der Waals surface area contributed by atoms with Gasteiger partial charge in [0.1, 0.15) is 0 Å². The van der Waals surface area contributed by atoms with E-state index in [0.29, 0.717) is 37.1 Å². The van der Waals surface area contributed by atoms with E-state index in [0.717, 1.165) is 12.2 Å². The lowest BCUT2D eigenvalue weighted by Crippen LogP contribution is -2.25. The Morgan fingerprint density at radius 2 is 1.00 bits per heavy atom. The third-order valence-corrected chi connectivity index (χ3v) is 4.13. The fourth-order valence-corrected chi connectivity index (χ4v) is 2.51. The van der Waals surface area contributed by atoms with Crippen LogP contribution in [0, 0.1) is 0 Å². The number of benzene rings is 2. The van der Waals surface area contributed by atoms with Crippen molar-refractivity contribution in [3.63, 3.8) is 0 Å². The number of esters is 2. The van der Waals surface area contributed by atoms with Crippen molar-refractivity contribution in [1.29, 1.82) is 0 Å². The third-order valence-electron chi connectivity index (χ3n) is 4.13. The highest BCUT2D eigenvalue weighted by atomic mass is 16.5. The predicted molar refractivity (Wildman–Crippen MR) is 118 cm³/mol. The largest absolute Gasteiger partial charge is 0.462 e. The molecular weight excluding hydrogens is 412 g/mol. The number of carbonyl (C=O) groups excluding carboxylic acids is 4. The summed E-state index contributed by atoms with van der Waals surface area (Å²) in [6.45, 7) is 0.921. The van der Waals surface area contributed by atoms with Crippen LogP contribution >= 0.6 is 0 Å².